The lowest BCUT2D eigenvalue weighted by molar-refractivity contribution is 0.580. The van der Waals surface area contributed by atoms with E-state index in [4.69, 9.17) is 6.42 Å². The number of aromatic amines is 1. The van der Waals surface area contributed by atoms with E-state index < -0.39 is 0 Å². The average molecular weight is 147 g/mol. The standard InChI is InChI=1S/C10H13N/c1-4-10(3,5-2)9-7-6-8-11-9/h1,6-8,11H,5H2,2-3H3. The lowest BCUT2D eigenvalue weighted by Gasteiger charge is -2.19. The van der Waals surface area contributed by atoms with Gasteiger partial charge in [-0.1, -0.05) is 12.8 Å². The Balaban J connectivity index is 2.99. The summed E-state index contributed by atoms with van der Waals surface area (Å²) in [5.41, 5.74) is 1.01. The molecule has 1 heteroatoms. The third kappa shape index (κ3) is 1.30. The maximum absolute atomic E-state index is 5.44. The van der Waals surface area contributed by atoms with Gasteiger partial charge in [-0.3, -0.25) is 0 Å². The summed E-state index contributed by atoms with van der Waals surface area (Å²) < 4.78 is 0. The second kappa shape index (κ2) is 2.84. The topological polar surface area (TPSA) is 15.8 Å². The van der Waals surface area contributed by atoms with E-state index in [0.717, 1.165) is 12.1 Å². The molecule has 1 N–H and O–H groups in total. The van der Waals surface area contributed by atoms with Crippen molar-refractivity contribution in [3.8, 4) is 12.3 Å². The highest BCUT2D eigenvalue weighted by molar-refractivity contribution is 5.27. The molecule has 1 aromatic rings. The lowest BCUT2D eigenvalue weighted by Crippen LogP contribution is -2.18. The zero-order chi connectivity index (χ0) is 8.32. The molecule has 1 unspecified atom stereocenters. The third-order valence-corrected chi connectivity index (χ3v) is 2.22. The fraction of sp³-hybridized carbons (Fsp3) is 0.400. The molecule has 1 heterocycles. The van der Waals surface area contributed by atoms with Crippen molar-refractivity contribution in [2.75, 3.05) is 0 Å². The second-order valence-electron chi connectivity index (χ2n) is 2.91. The first-order valence-corrected chi connectivity index (χ1v) is 3.84. The Hall–Kier alpha value is -1.16. The molecule has 0 amide bonds. The minimum Gasteiger partial charge on any atom is -0.364 e. The molecule has 0 radical (unpaired) electrons. The van der Waals surface area contributed by atoms with Crippen LogP contribution in [0.3, 0.4) is 0 Å². The summed E-state index contributed by atoms with van der Waals surface area (Å²) in [6.45, 7) is 4.17. The van der Waals surface area contributed by atoms with Crippen molar-refractivity contribution in [2.45, 2.75) is 25.7 Å². The van der Waals surface area contributed by atoms with Crippen LogP contribution in [0.15, 0.2) is 18.3 Å². The Kier molecular flexibility index (Phi) is 2.05. The van der Waals surface area contributed by atoms with Gasteiger partial charge in [0.1, 0.15) is 0 Å². The first-order chi connectivity index (χ1) is 5.23. The number of terminal acetylenes is 1. The minimum atomic E-state index is -0.122. The van der Waals surface area contributed by atoms with Gasteiger partial charge in [-0.2, -0.15) is 0 Å². The smallest absolute Gasteiger partial charge is 0.0679 e. The van der Waals surface area contributed by atoms with Crippen molar-refractivity contribution in [2.24, 2.45) is 0 Å². The maximum Gasteiger partial charge on any atom is 0.0679 e. The zero-order valence-corrected chi connectivity index (χ0v) is 7.02. The third-order valence-electron chi connectivity index (χ3n) is 2.22. The Morgan fingerprint density at radius 1 is 1.73 bits per heavy atom. The van der Waals surface area contributed by atoms with Crippen LogP contribution in [0.4, 0.5) is 0 Å². The van der Waals surface area contributed by atoms with Crippen LogP contribution in [0.1, 0.15) is 26.0 Å². The number of hydrogen-bond acceptors (Lipinski definition) is 0. The fourth-order valence-corrected chi connectivity index (χ4v) is 1.04. The molecule has 0 aromatic carbocycles. The van der Waals surface area contributed by atoms with Crippen LogP contribution in [0, 0.1) is 12.3 Å². The molecule has 1 aromatic heterocycles. The van der Waals surface area contributed by atoms with Gasteiger partial charge in [0.2, 0.25) is 0 Å². The molecule has 0 aliphatic carbocycles. The Morgan fingerprint density at radius 2 is 2.45 bits per heavy atom. The van der Waals surface area contributed by atoms with Crippen molar-refractivity contribution < 1.29 is 0 Å². The summed E-state index contributed by atoms with van der Waals surface area (Å²) >= 11 is 0. The number of rotatable bonds is 2. The van der Waals surface area contributed by atoms with Crippen LogP contribution in [-0.4, -0.2) is 4.98 Å². The van der Waals surface area contributed by atoms with Crippen LogP contribution < -0.4 is 0 Å². The van der Waals surface area contributed by atoms with Gasteiger partial charge >= 0.3 is 0 Å². The minimum absolute atomic E-state index is 0.122. The first-order valence-electron chi connectivity index (χ1n) is 3.84. The molecule has 0 spiro atoms. The highest BCUT2D eigenvalue weighted by Crippen LogP contribution is 2.24. The molecule has 0 fully saturated rings. The van der Waals surface area contributed by atoms with E-state index in [0.29, 0.717) is 0 Å². The average Bonchev–Trinajstić information content (AvgIpc) is 2.55. The molecule has 0 aliphatic rings. The second-order valence-corrected chi connectivity index (χ2v) is 2.91. The van der Waals surface area contributed by atoms with Crippen LogP contribution in [-0.2, 0) is 5.41 Å². The Bertz CT molecular complexity index is 253. The number of aromatic nitrogens is 1. The number of nitrogens with one attached hydrogen (secondary N) is 1. The SMILES string of the molecule is C#CC(C)(CC)c1ccc[nH]1. The van der Waals surface area contributed by atoms with Gasteiger partial charge in [0.25, 0.3) is 0 Å². The van der Waals surface area contributed by atoms with Gasteiger partial charge in [-0.25, -0.2) is 0 Å². The van der Waals surface area contributed by atoms with E-state index in [1.54, 1.807) is 0 Å². The molecule has 0 bridgehead atoms. The van der Waals surface area contributed by atoms with E-state index in [-0.39, 0.29) is 5.41 Å². The van der Waals surface area contributed by atoms with E-state index in [9.17, 15) is 0 Å². The fourth-order valence-electron chi connectivity index (χ4n) is 1.04. The number of hydrogen-bond donors (Lipinski definition) is 1. The van der Waals surface area contributed by atoms with Crippen molar-refractivity contribution in [3.05, 3.63) is 24.0 Å². The van der Waals surface area contributed by atoms with Gasteiger partial charge in [-0.05, 0) is 25.5 Å². The lowest BCUT2D eigenvalue weighted by atomic mass is 9.85. The Labute approximate surface area is 67.8 Å². The highest BCUT2D eigenvalue weighted by atomic mass is 14.7. The molecule has 1 nitrogen and oxygen atoms in total. The van der Waals surface area contributed by atoms with Gasteiger partial charge in [0.15, 0.2) is 0 Å². The number of H-pyrrole nitrogens is 1. The molecule has 1 rings (SSSR count). The van der Waals surface area contributed by atoms with Gasteiger partial charge in [0.05, 0.1) is 5.41 Å². The van der Waals surface area contributed by atoms with Crippen molar-refractivity contribution in [3.63, 3.8) is 0 Å². The first kappa shape index (κ1) is 7.94. The van der Waals surface area contributed by atoms with Crippen LogP contribution in [0.5, 0.6) is 0 Å². The molecular formula is C10H13N. The van der Waals surface area contributed by atoms with E-state index in [1.165, 1.54) is 0 Å². The summed E-state index contributed by atoms with van der Waals surface area (Å²) in [6, 6.07) is 4.00. The maximum atomic E-state index is 5.44. The van der Waals surface area contributed by atoms with E-state index >= 15 is 0 Å². The van der Waals surface area contributed by atoms with E-state index in [2.05, 4.69) is 24.8 Å². The van der Waals surface area contributed by atoms with Gasteiger partial charge in [0, 0.05) is 11.9 Å². The molecule has 0 saturated heterocycles. The normalized spacial score (nSPS) is 15.4. The molecule has 11 heavy (non-hydrogen) atoms. The molecule has 1 atom stereocenters. The predicted octanol–water partition coefficient (Wildman–Crippen LogP) is 2.32. The molecule has 0 saturated carbocycles. The summed E-state index contributed by atoms with van der Waals surface area (Å²) in [5.74, 6) is 2.80. The van der Waals surface area contributed by atoms with E-state index in [1.807, 2.05) is 18.3 Å². The van der Waals surface area contributed by atoms with Gasteiger partial charge < -0.3 is 4.98 Å². The largest absolute Gasteiger partial charge is 0.364 e. The monoisotopic (exact) mass is 147 g/mol. The quantitative estimate of drug-likeness (QED) is 0.618. The van der Waals surface area contributed by atoms with Crippen LogP contribution in [0.2, 0.25) is 0 Å². The highest BCUT2D eigenvalue weighted by Gasteiger charge is 2.21. The summed E-state index contributed by atoms with van der Waals surface area (Å²) in [6.07, 6.45) is 8.30. The van der Waals surface area contributed by atoms with Crippen molar-refractivity contribution in [1.29, 1.82) is 0 Å². The molecule has 0 aliphatic heterocycles. The summed E-state index contributed by atoms with van der Waals surface area (Å²) in [5, 5.41) is 0. The Morgan fingerprint density at radius 3 is 2.82 bits per heavy atom. The zero-order valence-electron chi connectivity index (χ0n) is 7.02. The molecular weight excluding hydrogens is 134 g/mol. The molecule has 58 valence electrons. The summed E-state index contributed by atoms with van der Waals surface area (Å²) in [7, 11) is 0. The van der Waals surface area contributed by atoms with Gasteiger partial charge in [-0.15, -0.1) is 6.42 Å². The van der Waals surface area contributed by atoms with Crippen molar-refractivity contribution >= 4 is 0 Å². The predicted molar refractivity (Wildman–Crippen MR) is 47.3 cm³/mol. The van der Waals surface area contributed by atoms with Crippen LogP contribution in [0.25, 0.3) is 0 Å². The summed E-state index contributed by atoms with van der Waals surface area (Å²) in [4.78, 5) is 3.14. The van der Waals surface area contributed by atoms with Crippen LogP contribution >= 0.6 is 0 Å². The van der Waals surface area contributed by atoms with Crippen molar-refractivity contribution in [1.82, 2.24) is 4.98 Å².